The number of hydrogen-bond donors (Lipinski definition) is 1. The highest BCUT2D eigenvalue weighted by atomic mass is 35.5. The summed E-state index contributed by atoms with van der Waals surface area (Å²) in [6.07, 6.45) is 0. The van der Waals surface area contributed by atoms with Gasteiger partial charge in [0.2, 0.25) is 0 Å². The quantitative estimate of drug-likeness (QED) is 0.773. The van der Waals surface area contributed by atoms with Gasteiger partial charge >= 0.3 is 0 Å². The number of alkyl halides is 1. The van der Waals surface area contributed by atoms with Gasteiger partial charge in [-0.2, -0.15) is 0 Å². The normalized spacial score (nSPS) is 12.8. The van der Waals surface area contributed by atoms with Crippen LogP contribution in [0.15, 0.2) is 24.3 Å². The van der Waals surface area contributed by atoms with Gasteiger partial charge in [-0.1, -0.05) is 26.0 Å². The van der Waals surface area contributed by atoms with Crippen LogP contribution in [-0.2, 0) is 6.54 Å². The Morgan fingerprint density at radius 2 is 1.88 bits per heavy atom. The summed E-state index contributed by atoms with van der Waals surface area (Å²) in [4.78, 5) is 0. The molecule has 1 aromatic carbocycles. The average Bonchev–Trinajstić information content (AvgIpc) is 2.30. The highest BCUT2D eigenvalue weighted by Gasteiger charge is 2.10. The molecule has 16 heavy (non-hydrogen) atoms. The van der Waals surface area contributed by atoms with Crippen molar-refractivity contribution in [3.05, 3.63) is 29.8 Å². The largest absolute Gasteiger partial charge is 0.497 e. The lowest BCUT2D eigenvalue weighted by Crippen LogP contribution is -2.34. The Bertz CT molecular complexity index is 297. The van der Waals surface area contributed by atoms with Crippen LogP contribution < -0.4 is 10.1 Å². The summed E-state index contributed by atoms with van der Waals surface area (Å²) in [5.41, 5.74) is 1.25. The first-order valence-corrected chi connectivity index (χ1v) is 6.13. The maximum atomic E-state index is 5.89. The summed E-state index contributed by atoms with van der Waals surface area (Å²) >= 11 is 5.89. The van der Waals surface area contributed by atoms with E-state index in [0.717, 1.165) is 12.3 Å². The van der Waals surface area contributed by atoms with Gasteiger partial charge in [0.25, 0.3) is 0 Å². The third-order valence-electron chi connectivity index (χ3n) is 2.70. The van der Waals surface area contributed by atoms with Crippen molar-refractivity contribution in [1.82, 2.24) is 5.32 Å². The third-order valence-corrected chi connectivity index (χ3v) is 3.03. The van der Waals surface area contributed by atoms with E-state index in [2.05, 4.69) is 31.3 Å². The molecule has 1 rings (SSSR count). The van der Waals surface area contributed by atoms with E-state index in [9.17, 15) is 0 Å². The van der Waals surface area contributed by atoms with E-state index in [1.165, 1.54) is 5.56 Å². The molecule has 3 heteroatoms. The summed E-state index contributed by atoms with van der Waals surface area (Å²) in [5.74, 6) is 2.09. The Balaban J connectivity index is 2.47. The van der Waals surface area contributed by atoms with Crippen LogP contribution in [0.1, 0.15) is 19.4 Å². The van der Waals surface area contributed by atoms with Gasteiger partial charge < -0.3 is 10.1 Å². The molecule has 0 bridgehead atoms. The van der Waals surface area contributed by atoms with Gasteiger partial charge in [-0.25, -0.2) is 0 Å². The van der Waals surface area contributed by atoms with E-state index in [1.807, 2.05) is 12.1 Å². The topological polar surface area (TPSA) is 21.3 Å². The lowest BCUT2D eigenvalue weighted by molar-refractivity contribution is 0.413. The number of nitrogens with one attached hydrogen (secondary N) is 1. The van der Waals surface area contributed by atoms with Crippen LogP contribution in [0, 0.1) is 5.92 Å². The lowest BCUT2D eigenvalue weighted by atomic mass is 10.1. The second-order valence-corrected chi connectivity index (χ2v) is 4.54. The summed E-state index contributed by atoms with van der Waals surface area (Å²) < 4.78 is 5.11. The van der Waals surface area contributed by atoms with Crippen LogP contribution in [0.2, 0.25) is 0 Å². The third kappa shape index (κ3) is 4.03. The number of ether oxygens (including phenoxy) is 1. The SMILES string of the molecule is COc1ccc(CNC(CCl)C(C)C)cc1. The first kappa shape index (κ1) is 13.3. The molecule has 0 aliphatic carbocycles. The molecule has 0 saturated carbocycles. The van der Waals surface area contributed by atoms with Crippen molar-refractivity contribution in [3.8, 4) is 5.75 Å². The molecule has 0 spiro atoms. The van der Waals surface area contributed by atoms with Gasteiger partial charge in [0.15, 0.2) is 0 Å². The van der Waals surface area contributed by atoms with E-state index in [4.69, 9.17) is 16.3 Å². The minimum atomic E-state index is 0.365. The molecule has 0 heterocycles. The molecule has 0 fully saturated rings. The van der Waals surface area contributed by atoms with Crippen molar-refractivity contribution in [2.45, 2.75) is 26.4 Å². The predicted octanol–water partition coefficient (Wildman–Crippen LogP) is 3.05. The van der Waals surface area contributed by atoms with Gasteiger partial charge in [0.1, 0.15) is 5.75 Å². The lowest BCUT2D eigenvalue weighted by Gasteiger charge is -2.19. The maximum absolute atomic E-state index is 5.89. The van der Waals surface area contributed by atoms with Crippen LogP contribution in [0.3, 0.4) is 0 Å². The van der Waals surface area contributed by atoms with Crippen molar-refractivity contribution in [2.75, 3.05) is 13.0 Å². The Morgan fingerprint density at radius 1 is 1.25 bits per heavy atom. The van der Waals surface area contributed by atoms with Crippen molar-refractivity contribution >= 4 is 11.6 Å². The molecule has 1 aromatic rings. The van der Waals surface area contributed by atoms with Gasteiger partial charge in [-0.3, -0.25) is 0 Å². The van der Waals surface area contributed by atoms with Crippen molar-refractivity contribution in [3.63, 3.8) is 0 Å². The first-order valence-electron chi connectivity index (χ1n) is 5.59. The molecule has 2 nitrogen and oxygen atoms in total. The fourth-order valence-corrected chi connectivity index (χ4v) is 1.93. The zero-order valence-electron chi connectivity index (χ0n) is 10.2. The number of rotatable bonds is 6. The fraction of sp³-hybridized carbons (Fsp3) is 0.538. The molecule has 1 unspecified atom stereocenters. The molecule has 1 atom stereocenters. The molecule has 0 aliphatic rings. The Labute approximate surface area is 103 Å². The summed E-state index contributed by atoms with van der Waals surface area (Å²) in [6.45, 7) is 5.20. The monoisotopic (exact) mass is 241 g/mol. The van der Waals surface area contributed by atoms with Crippen LogP contribution in [0.4, 0.5) is 0 Å². The number of methoxy groups -OCH3 is 1. The molecule has 1 N–H and O–H groups in total. The highest BCUT2D eigenvalue weighted by Crippen LogP contribution is 2.12. The van der Waals surface area contributed by atoms with Crippen molar-refractivity contribution in [2.24, 2.45) is 5.92 Å². The second-order valence-electron chi connectivity index (χ2n) is 4.23. The van der Waals surface area contributed by atoms with Crippen LogP contribution in [-0.4, -0.2) is 19.0 Å². The zero-order valence-corrected chi connectivity index (χ0v) is 10.9. The van der Waals surface area contributed by atoms with E-state index < -0.39 is 0 Å². The van der Waals surface area contributed by atoms with Gasteiger partial charge in [-0.15, -0.1) is 11.6 Å². The van der Waals surface area contributed by atoms with Crippen molar-refractivity contribution in [1.29, 1.82) is 0 Å². The summed E-state index contributed by atoms with van der Waals surface area (Å²) in [5, 5.41) is 3.45. The highest BCUT2D eigenvalue weighted by molar-refractivity contribution is 6.18. The minimum absolute atomic E-state index is 0.365. The van der Waals surface area contributed by atoms with Crippen LogP contribution in [0.5, 0.6) is 5.75 Å². The number of benzene rings is 1. The van der Waals surface area contributed by atoms with E-state index in [0.29, 0.717) is 17.8 Å². The Morgan fingerprint density at radius 3 is 2.31 bits per heavy atom. The standard InChI is InChI=1S/C13H20ClNO/c1-10(2)13(8-14)15-9-11-4-6-12(16-3)7-5-11/h4-7,10,13,15H,8-9H2,1-3H3. The molecule has 0 radical (unpaired) electrons. The van der Waals surface area contributed by atoms with E-state index >= 15 is 0 Å². The molecule has 0 aliphatic heterocycles. The summed E-state index contributed by atoms with van der Waals surface area (Å²) in [6, 6.07) is 8.45. The Hall–Kier alpha value is -0.730. The zero-order chi connectivity index (χ0) is 12.0. The Kier molecular flexibility index (Phi) is 5.64. The molecule has 0 saturated heterocycles. The average molecular weight is 242 g/mol. The first-order chi connectivity index (χ1) is 7.67. The van der Waals surface area contributed by atoms with Crippen LogP contribution in [0.25, 0.3) is 0 Å². The molecular weight excluding hydrogens is 222 g/mol. The molecule has 0 aromatic heterocycles. The number of halogens is 1. The maximum Gasteiger partial charge on any atom is 0.118 e. The molecular formula is C13H20ClNO. The smallest absolute Gasteiger partial charge is 0.118 e. The van der Waals surface area contributed by atoms with E-state index in [-0.39, 0.29) is 0 Å². The van der Waals surface area contributed by atoms with Crippen LogP contribution >= 0.6 is 11.6 Å². The number of hydrogen-bond acceptors (Lipinski definition) is 2. The molecule has 0 amide bonds. The molecule has 90 valence electrons. The minimum Gasteiger partial charge on any atom is -0.497 e. The predicted molar refractivity (Wildman–Crippen MR) is 69.2 cm³/mol. The second kappa shape index (κ2) is 6.77. The van der Waals surface area contributed by atoms with E-state index in [1.54, 1.807) is 7.11 Å². The van der Waals surface area contributed by atoms with Gasteiger partial charge in [0.05, 0.1) is 7.11 Å². The fourth-order valence-electron chi connectivity index (χ4n) is 1.46. The van der Waals surface area contributed by atoms with Gasteiger partial charge in [-0.05, 0) is 23.6 Å². The van der Waals surface area contributed by atoms with Gasteiger partial charge in [0, 0.05) is 18.5 Å². The summed E-state index contributed by atoms with van der Waals surface area (Å²) in [7, 11) is 1.68. The van der Waals surface area contributed by atoms with Crippen molar-refractivity contribution < 1.29 is 4.74 Å².